The molecule has 45 heavy (non-hydrogen) atoms. The zero-order chi connectivity index (χ0) is 33.0. The second-order valence-corrected chi connectivity index (χ2v) is 12.0. The van der Waals surface area contributed by atoms with Crippen LogP contribution in [-0.4, -0.2) is 47.2 Å². The Balaban J connectivity index is 1.71. The van der Waals surface area contributed by atoms with Gasteiger partial charge in [0.05, 0.1) is 17.5 Å². The van der Waals surface area contributed by atoms with Gasteiger partial charge >= 0.3 is 0 Å². The van der Waals surface area contributed by atoms with Gasteiger partial charge in [0, 0.05) is 25.2 Å². The molecule has 0 bridgehead atoms. The van der Waals surface area contributed by atoms with Gasteiger partial charge in [-0.2, -0.15) is 0 Å². The van der Waals surface area contributed by atoms with E-state index in [2.05, 4.69) is 10.6 Å². The van der Waals surface area contributed by atoms with E-state index in [-0.39, 0.29) is 37.9 Å². The predicted octanol–water partition coefficient (Wildman–Crippen LogP) is 3.32. The van der Waals surface area contributed by atoms with Crippen molar-refractivity contribution >= 4 is 35.1 Å². The number of benzene rings is 3. The molecule has 0 aromatic heterocycles. The zero-order valence-corrected chi connectivity index (χ0v) is 26.0. The van der Waals surface area contributed by atoms with Crippen molar-refractivity contribution in [1.29, 1.82) is 0 Å². The number of primary amides is 1. The van der Waals surface area contributed by atoms with Crippen LogP contribution in [0.2, 0.25) is 0 Å². The Labute approximate surface area is 264 Å². The minimum atomic E-state index is -1.23. The van der Waals surface area contributed by atoms with E-state index in [1.54, 1.807) is 24.3 Å². The summed E-state index contributed by atoms with van der Waals surface area (Å²) in [5, 5.41) is 5.12. The molecule has 0 fully saturated rings. The molecule has 0 aliphatic heterocycles. The minimum absolute atomic E-state index is 0.0496. The van der Waals surface area contributed by atoms with E-state index in [0.29, 0.717) is 0 Å². The maximum atomic E-state index is 13.4. The number of hydrogen-bond donors (Lipinski definition) is 3. The lowest BCUT2D eigenvalue weighted by Gasteiger charge is -2.24. The number of nitrogens with one attached hydrogen (secondary N) is 2. The lowest BCUT2D eigenvalue weighted by Crippen LogP contribution is -2.52. The van der Waals surface area contributed by atoms with Gasteiger partial charge in [-0.3, -0.25) is 28.8 Å². The van der Waals surface area contributed by atoms with Gasteiger partial charge in [0.15, 0.2) is 5.78 Å². The van der Waals surface area contributed by atoms with Crippen LogP contribution >= 0.6 is 0 Å². The van der Waals surface area contributed by atoms with E-state index in [4.69, 9.17) is 5.73 Å². The fraction of sp³-hybridized carbons (Fsp3) is 0.333. The zero-order valence-electron chi connectivity index (χ0n) is 26.0. The van der Waals surface area contributed by atoms with Crippen molar-refractivity contribution < 1.29 is 28.8 Å². The van der Waals surface area contributed by atoms with Crippen molar-refractivity contribution in [1.82, 2.24) is 10.6 Å². The lowest BCUT2D eigenvalue weighted by atomic mass is 9.84. The molecule has 3 amide bonds. The molecule has 0 radical (unpaired) electrons. The van der Waals surface area contributed by atoms with Crippen LogP contribution in [0.4, 0.5) is 0 Å². The molecular formula is C36H41N3O6. The largest absolute Gasteiger partial charge is 0.369 e. The molecule has 0 spiro atoms. The molecular weight excluding hydrogens is 570 g/mol. The van der Waals surface area contributed by atoms with E-state index < -0.39 is 52.7 Å². The molecule has 0 saturated carbocycles. The Morgan fingerprint density at radius 2 is 1.20 bits per heavy atom. The Hall–Kier alpha value is -4.92. The maximum absolute atomic E-state index is 13.4. The quantitative estimate of drug-likeness (QED) is 0.199. The highest BCUT2D eigenvalue weighted by Crippen LogP contribution is 2.22. The SMILES string of the molecule is CC(NC(=O)C(CC(=O)Cc1ccccc1)Cc1ccccc1)C(=O)C(=O)NC(Cc1ccccc1)C(=O)CC(C)(C)C(N)=O. The van der Waals surface area contributed by atoms with Gasteiger partial charge in [-0.15, -0.1) is 0 Å². The standard InChI is InChI=1S/C36H41N3O6/c1-24(32(42)34(44)39-30(21-27-17-11-6-12-18-27)31(41)23-36(2,3)35(37)45)38-33(43)28(19-25-13-7-4-8-14-25)22-29(40)20-26-15-9-5-10-16-26/h4-18,24,28,30H,19-23H2,1-3H3,(H2,37,45)(H,38,43)(H,39,44). The number of rotatable bonds is 17. The summed E-state index contributed by atoms with van der Waals surface area (Å²) < 4.78 is 0. The lowest BCUT2D eigenvalue weighted by molar-refractivity contribution is -0.141. The summed E-state index contributed by atoms with van der Waals surface area (Å²) in [5.74, 6) is -4.55. The van der Waals surface area contributed by atoms with Gasteiger partial charge in [0.1, 0.15) is 5.78 Å². The van der Waals surface area contributed by atoms with E-state index in [0.717, 1.165) is 16.7 Å². The molecule has 9 nitrogen and oxygen atoms in total. The molecule has 9 heteroatoms. The molecule has 236 valence electrons. The van der Waals surface area contributed by atoms with Crippen LogP contribution < -0.4 is 16.4 Å². The highest BCUT2D eigenvalue weighted by atomic mass is 16.2. The summed E-state index contributed by atoms with van der Waals surface area (Å²) >= 11 is 0. The summed E-state index contributed by atoms with van der Waals surface area (Å²) in [6, 6.07) is 25.1. The van der Waals surface area contributed by atoms with Crippen LogP contribution in [0.25, 0.3) is 0 Å². The van der Waals surface area contributed by atoms with Crippen molar-refractivity contribution in [2.45, 2.75) is 65.0 Å². The van der Waals surface area contributed by atoms with Crippen LogP contribution in [0.1, 0.15) is 50.3 Å². The number of hydrogen-bond acceptors (Lipinski definition) is 6. The van der Waals surface area contributed by atoms with E-state index >= 15 is 0 Å². The molecule has 3 unspecified atom stereocenters. The van der Waals surface area contributed by atoms with E-state index in [1.165, 1.54) is 20.8 Å². The number of nitrogens with two attached hydrogens (primary N) is 1. The predicted molar refractivity (Wildman–Crippen MR) is 171 cm³/mol. The first kappa shape index (κ1) is 34.6. The van der Waals surface area contributed by atoms with Crippen molar-refractivity contribution in [3.05, 3.63) is 108 Å². The van der Waals surface area contributed by atoms with Crippen LogP contribution in [0, 0.1) is 11.3 Å². The number of carbonyl (C=O) groups excluding carboxylic acids is 6. The molecule has 0 aliphatic rings. The average molecular weight is 612 g/mol. The molecule has 0 aliphatic carbocycles. The number of ketones is 3. The van der Waals surface area contributed by atoms with Gasteiger partial charge in [0.2, 0.25) is 17.6 Å². The first-order chi connectivity index (χ1) is 21.4. The monoisotopic (exact) mass is 611 g/mol. The summed E-state index contributed by atoms with van der Waals surface area (Å²) in [7, 11) is 0. The van der Waals surface area contributed by atoms with Crippen molar-refractivity contribution in [3.63, 3.8) is 0 Å². The van der Waals surface area contributed by atoms with E-state index in [9.17, 15) is 28.8 Å². The normalized spacial score (nSPS) is 13.1. The second kappa shape index (κ2) is 16.2. The molecule has 3 aromatic carbocycles. The molecule has 0 heterocycles. The first-order valence-corrected chi connectivity index (χ1v) is 15.0. The third kappa shape index (κ3) is 10.9. The molecule has 3 aromatic rings. The highest BCUT2D eigenvalue weighted by molar-refractivity contribution is 6.38. The molecule has 3 rings (SSSR count). The Morgan fingerprint density at radius 3 is 1.71 bits per heavy atom. The van der Waals surface area contributed by atoms with Gasteiger partial charge in [-0.1, -0.05) is 105 Å². The van der Waals surface area contributed by atoms with Crippen molar-refractivity contribution in [3.8, 4) is 0 Å². The van der Waals surface area contributed by atoms with Gasteiger partial charge in [-0.05, 0) is 36.5 Å². The van der Waals surface area contributed by atoms with Crippen LogP contribution in [0.3, 0.4) is 0 Å². The fourth-order valence-electron chi connectivity index (χ4n) is 4.89. The topological polar surface area (TPSA) is 152 Å². The van der Waals surface area contributed by atoms with Gasteiger partial charge < -0.3 is 16.4 Å². The average Bonchev–Trinajstić information content (AvgIpc) is 3.01. The number of Topliss-reactive ketones (excluding diaryl/α,β-unsaturated/α-hetero) is 3. The Morgan fingerprint density at radius 1 is 0.711 bits per heavy atom. The molecule has 3 atom stereocenters. The third-order valence-corrected chi connectivity index (χ3v) is 7.65. The van der Waals surface area contributed by atoms with Crippen molar-refractivity contribution in [2.24, 2.45) is 17.1 Å². The third-order valence-electron chi connectivity index (χ3n) is 7.65. The van der Waals surface area contributed by atoms with E-state index in [1.807, 2.05) is 66.7 Å². The maximum Gasteiger partial charge on any atom is 0.290 e. The van der Waals surface area contributed by atoms with Gasteiger partial charge in [-0.25, -0.2) is 0 Å². The summed E-state index contributed by atoms with van der Waals surface area (Å²) in [4.78, 5) is 77.7. The second-order valence-electron chi connectivity index (χ2n) is 12.0. The number of carbonyl (C=O) groups is 6. The molecule has 0 saturated heterocycles. The smallest absolute Gasteiger partial charge is 0.290 e. The summed E-state index contributed by atoms with van der Waals surface area (Å²) in [6.07, 6.45) is 0.241. The molecule has 4 N–H and O–H groups in total. The summed E-state index contributed by atoms with van der Waals surface area (Å²) in [6.45, 7) is 4.46. The van der Waals surface area contributed by atoms with Crippen LogP contribution in [0.5, 0.6) is 0 Å². The van der Waals surface area contributed by atoms with Crippen LogP contribution in [-0.2, 0) is 48.0 Å². The minimum Gasteiger partial charge on any atom is -0.369 e. The highest BCUT2D eigenvalue weighted by Gasteiger charge is 2.34. The fourth-order valence-corrected chi connectivity index (χ4v) is 4.89. The first-order valence-electron chi connectivity index (χ1n) is 15.0. The Bertz CT molecular complexity index is 1490. The summed E-state index contributed by atoms with van der Waals surface area (Å²) in [5.41, 5.74) is 6.72. The number of amides is 3. The van der Waals surface area contributed by atoms with Crippen LogP contribution in [0.15, 0.2) is 91.0 Å². The van der Waals surface area contributed by atoms with Crippen molar-refractivity contribution in [2.75, 3.05) is 0 Å². The van der Waals surface area contributed by atoms with Gasteiger partial charge in [0.25, 0.3) is 5.91 Å². The Kier molecular flexibility index (Phi) is 12.5.